The van der Waals surface area contributed by atoms with E-state index in [-0.39, 0.29) is 23.4 Å². The van der Waals surface area contributed by atoms with Crippen LogP contribution in [0.4, 0.5) is 4.79 Å². The van der Waals surface area contributed by atoms with Crippen molar-refractivity contribution in [3.63, 3.8) is 0 Å². The maximum absolute atomic E-state index is 12.9. The van der Waals surface area contributed by atoms with Crippen molar-refractivity contribution >= 4 is 73.5 Å². The molecule has 4 rings (SSSR count). The fraction of sp³-hybridized carbons (Fsp3) is 0.0800. The Balaban J connectivity index is 1.51. The van der Waals surface area contributed by atoms with Gasteiger partial charge in [-0.15, -0.1) is 0 Å². The fourth-order valence-electron chi connectivity index (χ4n) is 3.19. The minimum atomic E-state index is -0.524. The number of ether oxygens (including phenoxy) is 2. The third-order valence-corrected chi connectivity index (χ3v) is 7.00. The molecule has 0 unspecified atom stereocenters. The van der Waals surface area contributed by atoms with Crippen molar-refractivity contribution < 1.29 is 23.9 Å². The number of thioether (sulfide) groups is 1. The molecule has 1 aliphatic heterocycles. The van der Waals surface area contributed by atoms with E-state index >= 15 is 0 Å². The van der Waals surface area contributed by atoms with Gasteiger partial charge in [-0.1, -0.05) is 40.2 Å². The van der Waals surface area contributed by atoms with Gasteiger partial charge in [0.25, 0.3) is 11.1 Å². The van der Waals surface area contributed by atoms with E-state index in [2.05, 4.69) is 38.5 Å². The second-order valence-corrected chi connectivity index (χ2v) is 10.4. The molecule has 0 atom stereocenters. The van der Waals surface area contributed by atoms with Crippen LogP contribution in [0.5, 0.6) is 11.5 Å². The van der Waals surface area contributed by atoms with Gasteiger partial charge in [0, 0.05) is 8.04 Å². The highest BCUT2D eigenvalue weighted by Crippen LogP contribution is 2.35. The number of halogens is 2. The summed E-state index contributed by atoms with van der Waals surface area (Å²) < 4.78 is 12.7. The van der Waals surface area contributed by atoms with Gasteiger partial charge in [-0.05, 0) is 94.0 Å². The lowest BCUT2D eigenvalue weighted by molar-refractivity contribution is -0.123. The standard InChI is InChI=1S/C25H17BrINO5S/c1-32-21-11-16(7-10-20(21)33-24(30)17-3-2-4-18(26)13-17)12-22-23(29)28(25(31)34-22)14-15-5-8-19(27)9-6-15/h2-13H,14H2,1H3/b22-12-. The maximum atomic E-state index is 12.9. The number of nitrogens with zero attached hydrogens (tertiary/aromatic N) is 1. The predicted octanol–water partition coefficient (Wildman–Crippen LogP) is 6.52. The first-order valence-electron chi connectivity index (χ1n) is 9.99. The van der Waals surface area contributed by atoms with Crippen molar-refractivity contribution in [3.05, 3.63) is 96.4 Å². The van der Waals surface area contributed by atoms with Crippen LogP contribution in [0.25, 0.3) is 6.08 Å². The number of carbonyl (C=O) groups excluding carboxylic acids is 3. The molecule has 0 spiro atoms. The Morgan fingerprint density at radius 2 is 1.82 bits per heavy atom. The highest BCUT2D eigenvalue weighted by Gasteiger charge is 2.35. The van der Waals surface area contributed by atoms with Crippen LogP contribution in [0, 0.1) is 3.57 Å². The SMILES string of the molecule is COc1cc(/C=C2\SC(=O)N(Cc3ccc(I)cc3)C2=O)ccc1OC(=O)c1cccc(Br)c1. The molecule has 1 aliphatic rings. The molecular formula is C25H17BrINO5S. The second-order valence-electron chi connectivity index (χ2n) is 7.20. The minimum Gasteiger partial charge on any atom is -0.493 e. The van der Waals surface area contributed by atoms with Gasteiger partial charge in [0.05, 0.1) is 24.1 Å². The summed E-state index contributed by atoms with van der Waals surface area (Å²) in [5, 5.41) is -0.318. The largest absolute Gasteiger partial charge is 0.493 e. The van der Waals surface area contributed by atoms with E-state index in [9.17, 15) is 14.4 Å². The molecular weight excluding hydrogens is 633 g/mol. The summed E-state index contributed by atoms with van der Waals surface area (Å²) >= 11 is 6.43. The number of imide groups is 1. The summed E-state index contributed by atoms with van der Waals surface area (Å²) in [6.45, 7) is 0.215. The topological polar surface area (TPSA) is 72.9 Å². The van der Waals surface area contributed by atoms with Crippen molar-refractivity contribution in [2.45, 2.75) is 6.54 Å². The van der Waals surface area contributed by atoms with Crippen molar-refractivity contribution in [2.75, 3.05) is 7.11 Å². The lowest BCUT2D eigenvalue weighted by atomic mass is 10.1. The van der Waals surface area contributed by atoms with Crippen LogP contribution in [-0.4, -0.2) is 29.1 Å². The molecule has 0 bridgehead atoms. The van der Waals surface area contributed by atoms with E-state index in [4.69, 9.17) is 9.47 Å². The summed E-state index contributed by atoms with van der Waals surface area (Å²) in [7, 11) is 1.46. The summed E-state index contributed by atoms with van der Waals surface area (Å²) in [6, 6.07) is 19.5. The van der Waals surface area contributed by atoms with Crippen LogP contribution in [0.1, 0.15) is 21.5 Å². The normalized spacial score (nSPS) is 14.6. The Labute approximate surface area is 222 Å². The molecule has 2 amide bonds. The third-order valence-electron chi connectivity index (χ3n) is 4.88. The molecule has 172 valence electrons. The van der Waals surface area contributed by atoms with Crippen molar-refractivity contribution in [2.24, 2.45) is 0 Å². The van der Waals surface area contributed by atoms with Gasteiger partial charge in [0.2, 0.25) is 0 Å². The number of amides is 2. The molecule has 0 aromatic heterocycles. The fourth-order valence-corrected chi connectivity index (χ4v) is 4.79. The number of hydrogen-bond acceptors (Lipinski definition) is 6. The first kappa shape index (κ1) is 24.5. The second kappa shape index (κ2) is 10.7. The molecule has 0 aliphatic carbocycles. The zero-order chi connectivity index (χ0) is 24.2. The van der Waals surface area contributed by atoms with E-state index in [1.54, 1.807) is 42.5 Å². The Morgan fingerprint density at radius 3 is 2.53 bits per heavy atom. The Morgan fingerprint density at radius 1 is 1.06 bits per heavy atom. The number of esters is 1. The average Bonchev–Trinajstić information content (AvgIpc) is 3.08. The minimum absolute atomic E-state index is 0.215. The van der Waals surface area contributed by atoms with Gasteiger partial charge < -0.3 is 9.47 Å². The molecule has 0 saturated carbocycles. The molecule has 3 aromatic carbocycles. The summed E-state index contributed by atoms with van der Waals surface area (Å²) in [6.07, 6.45) is 1.63. The number of carbonyl (C=O) groups is 3. The molecule has 1 heterocycles. The zero-order valence-electron chi connectivity index (χ0n) is 17.8. The molecule has 1 fully saturated rings. The average molecular weight is 650 g/mol. The highest BCUT2D eigenvalue weighted by molar-refractivity contribution is 14.1. The monoisotopic (exact) mass is 649 g/mol. The number of methoxy groups -OCH3 is 1. The Kier molecular flexibility index (Phi) is 7.74. The van der Waals surface area contributed by atoms with Crippen LogP contribution < -0.4 is 9.47 Å². The first-order valence-corrected chi connectivity index (χ1v) is 12.7. The molecule has 34 heavy (non-hydrogen) atoms. The van der Waals surface area contributed by atoms with Crippen molar-refractivity contribution in [1.82, 2.24) is 4.90 Å². The maximum Gasteiger partial charge on any atom is 0.343 e. The van der Waals surface area contributed by atoms with Crippen LogP contribution in [0.2, 0.25) is 0 Å². The molecule has 3 aromatic rings. The van der Waals surface area contributed by atoms with Crippen LogP contribution in [0.3, 0.4) is 0 Å². The molecule has 0 radical (unpaired) electrons. The van der Waals surface area contributed by atoms with Gasteiger partial charge in [0.1, 0.15) is 0 Å². The van der Waals surface area contributed by atoms with Crippen molar-refractivity contribution in [3.8, 4) is 11.5 Å². The summed E-state index contributed by atoms with van der Waals surface area (Å²) in [5.74, 6) is -0.298. The number of rotatable bonds is 6. The van der Waals surface area contributed by atoms with Crippen LogP contribution in [-0.2, 0) is 11.3 Å². The van der Waals surface area contributed by atoms with Crippen LogP contribution in [0.15, 0.2) is 76.1 Å². The van der Waals surface area contributed by atoms with Gasteiger partial charge in [-0.25, -0.2) is 4.79 Å². The lowest BCUT2D eigenvalue weighted by Gasteiger charge is -2.12. The zero-order valence-corrected chi connectivity index (χ0v) is 22.3. The Bertz CT molecular complexity index is 1310. The van der Waals surface area contributed by atoms with Gasteiger partial charge in [0.15, 0.2) is 11.5 Å². The van der Waals surface area contributed by atoms with E-state index in [0.29, 0.717) is 21.8 Å². The van der Waals surface area contributed by atoms with Gasteiger partial charge in [-0.2, -0.15) is 0 Å². The molecule has 6 nitrogen and oxygen atoms in total. The van der Waals surface area contributed by atoms with E-state index < -0.39 is 5.97 Å². The quantitative estimate of drug-likeness (QED) is 0.131. The highest BCUT2D eigenvalue weighted by atomic mass is 127. The number of hydrogen-bond donors (Lipinski definition) is 0. The summed E-state index contributed by atoms with van der Waals surface area (Å²) in [4.78, 5) is 39.3. The van der Waals surface area contributed by atoms with Crippen LogP contribution >= 0.6 is 50.3 Å². The van der Waals surface area contributed by atoms with Gasteiger partial charge in [-0.3, -0.25) is 14.5 Å². The molecule has 9 heteroatoms. The summed E-state index contributed by atoms with van der Waals surface area (Å²) in [5.41, 5.74) is 1.91. The van der Waals surface area contributed by atoms with Crippen molar-refractivity contribution in [1.29, 1.82) is 0 Å². The number of benzene rings is 3. The molecule has 0 N–H and O–H groups in total. The molecule has 1 saturated heterocycles. The van der Waals surface area contributed by atoms with E-state index in [0.717, 1.165) is 25.4 Å². The van der Waals surface area contributed by atoms with E-state index in [1.165, 1.54) is 12.0 Å². The lowest BCUT2D eigenvalue weighted by Crippen LogP contribution is -2.27. The smallest absolute Gasteiger partial charge is 0.343 e. The Hall–Kier alpha value is -2.63. The van der Waals surface area contributed by atoms with Gasteiger partial charge >= 0.3 is 5.97 Å². The predicted molar refractivity (Wildman–Crippen MR) is 143 cm³/mol. The van der Waals surface area contributed by atoms with E-state index in [1.807, 2.05) is 30.3 Å². The first-order chi connectivity index (χ1) is 16.3. The third kappa shape index (κ3) is 5.70.